The van der Waals surface area contributed by atoms with Gasteiger partial charge in [0.05, 0.1) is 19.4 Å². The molecule has 1 heterocycles. The largest absolute Gasteiger partial charge is 0.497 e. The Morgan fingerprint density at radius 2 is 1.83 bits per heavy atom. The Bertz CT molecular complexity index is 863. The maximum absolute atomic E-state index is 10.7. The molecule has 1 unspecified atom stereocenters. The van der Waals surface area contributed by atoms with E-state index in [4.69, 9.17) is 9.47 Å². The van der Waals surface area contributed by atoms with Crippen molar-refractivity contribution in [3.8, 4) is 5.75 Å². The molecule has 3 rings (SSSR count). The molecule has 0 aliphatic carbocycles. The van der Waals surface area contributed by atoms with Crippen LogP contribution in [0, 0.1) is 0 Å². The number of aliphatic hydroxyl groups excluding tert-OH is 1. The zero-order valence-corrected chi connectivity index (χ0v) is 17.3. The van der Waals surface area contributed by atoms with Gasteiger partial charge < -0.3 is 24.0 Å². The van der Waals surface area contributed by atoms with E-state index < -0.39 is 6.10 Å². The summed E-state index contributed by atoms with van der Waals surface area (Å²) in [7, 11) is 3.41. The lowest BCUT2D eigenvalue weighted by atomic mass is 10.1. The minimum atomic E-state index is -0.496. The van der Waals surface area contributed by atoms with Gasteiger partial charge >= 0.3 is 0 Å². The summed E-state index contributed by atoms with van der Waals surface area (Å²) in [5.41, 5.74) is 3.39. The summed E-state index contributed by atoms with van der Waals surface area (Å²) in [5, 5.41) is 10.7. The van der Waals surface area contributed by atoms with Crippen LogP contribution in [0.4, 0.5) is 0 Å². The van der Waals surface area contributed by atoms with Crippen molar-refractivity contribution in [1.29, 1.82) is 0 Å². The molecule has 0 bridgehead atoms. The highest BCUT2D eigenvalue weighted by Crippen LogP contribution is 2.15. The van der Waals surface area contributed by atoms with Crippen molar-refractivity contribution < 1.29 is 19.5 Å². The Kier molecular flexibility index (Phi) is 7.87. The first-order valence-corrected chi connectivity index (χ1v) is 10.0. The van der Waals surface area contributed by atoms with Gasteiger partial charge in [0, 0.05) is 19.9 Å². The van der Waals surface area contributed by atoms with E-state index in [9.17, 15) is 5.11 Å². The number of methoxy groups -OCH3 is 2. The molecule has 2 atom stereocenters. The first-order valence-electron chi connectivity index (χ1n) is 10.0. The third-order valence-corrected chi connectivity index (χ3v) is 5.17. The van der Waals surface area contributed by atoms with Crippen LogP contribution in [0.2, 0.25) is 0 Å². The van der Waals surface area contributed by atoms with Crippen LogP contribution < -0.4 is 9.64 Å². The topological polar surface area (TPSA) is 48.1 Å². The summed E-state index contributed by atoms with van der Waals surface area (Å²) in [6, 6.07) is 22.2. The molecule has 0 radical (unpaired) electrons. The van der Waals surface area contributed by atoms with Gasteiger partial charge in [0.15, 0.2) is 0 Å². The standard InChI is InChI=1S/C24H30N2O3/c1-28-15-14-25(19-24(27)21-9-4-3-5-10-21)18-22-11-7-13-26(22)17-20-8-6-12-23(16-20)29-2/h3-13,16,24,27H,14-15,17-19H2,1-2H3/p+1/t24-/m0/s1. The highest BCUT2D eigenvalue weighted by atomic mass is 16.5. The van der Waals surface area contributed by atoms with Crippen LogP contribution in [0.3, 0.4) is 0 Å². The van der Waals surface area contributed by atoms with E-state index in [2.05, 4.69) is 35.0 Å². The fraction of sp³-hybridized carbons (Fsp3) is 0.333. The second kappa shape index (κ2) is 10.8. The van der Waals surface area contributed by atoms with Crippen molar-refractivity contribution in [3.05, 3.63) is 89.7 Å². The van der Waals surface area contributed by atoms with E-state index in [0.29, 0.717) is 13.2 Å². The first-order chi connectivity index (χ1) is 14.2. The van der Waals surface area contributed by atoms with Crippen molar-refractivity contribution in [2.75, 3.05) is 33.9 Å². The number of ether oxygens (including phenoxy) is 2. The Hall–Kier alpha value is -2.60. The average Bonchev–Trinajstić information content (AvgIpc) is 3.19. The van der Waals surface area contributed by atoms with Crippen LogP contribution in [0.15, 0.2) is 72.9 Å². The molecule has 0 spiro atoms. The van der Waals surface area contributed by atoms with Gasteiger partial charge in [0.25, 0.3) is 0 Å². The molecule has 3 aromatic rings. The lowest BCUT2D eigenvalue weighted by molar-refractivity contribution is -0.918. The highest BCUT2D eigenvalue weighted by molar-refractivity contribution is 5.29. The van der Waals surface area contributed by atoms with Crippen LogP contribution >= 0.6 is 0 Å². The van der Waals surface area contributed by atoms with Crippen molar-refractivity contribution in [3.63, 3.8) is 0 Å². The maximum Gasteiger partial charge on any atom is 0.128 e. The molecule has 0 fully saturated rings. The van der Waals surface area contributed by atoms with Gasteiger partial charge in [0.2, 0.25) is 0 Å². The molecule has 0 saturated carbocycles. The molecule has 1 aromatic heterocycles. The van der Waals surface area contributed by atoms with Gasteiger partial charge in [-0.1, -0.05) is 42.5 Å². The van der Waals surface area contributed by atoms with Gasteiger partial charge in [-0.2, -0.15) is 0 Å². The third kappa shape index (κ3) is 6.19. The van der Waals surface area contributed by atoms with E-state index in [0.717, 1.165) is 30.9 Å². The SMILES string of the molecule is COCC[NH+](Cc1cccn1Cc1cccc(OC)c1)C[C@H](O)c1ccccc1. The van der Waals surface area contributed by atoms with Crippen LogP contribution in [0.25, 0.3) is 0 Å². The molecule has 0 aliphatic rings. The number of nitrogens with zero attached hydrogens (tertiary/aromatic N) is 1. The summed E-state index contributed by atoms with van der Waals surface area (Å²) in [6.07, 6.45) is 1.61. The summed E-state index contributed by atoms with van der Waals surface area (Å²) in [4.78, 5) is 1.29. The van der Waals surface area contributed by atoms with Crippen molar-refractivity contribution in [2.24, 2.45) is 0 Å². The Morgan fingerprint density at radius 3 is 2.59 bits per heavy atom. The quantitative estimate of drug-likeness (QED) is 0.524. The fourth-order valence-electron chi connectivity index (χ4n) is 3.56. The number of rotatable bonds is 11. The molecule has 29 heavy (non-hydrogen) atoms. The molecule has 0 saturated heterocycles. The zero-order valence-electron chi connectivity index (χ0n) is 17.3. The maximum atomic E-state index is 10.7. The molecule has 0 aliphatic heterocycles. The summed E-state index contributed by atoms with van der Waals surface area (Å²) < 4.78 is 12.9. The number of quaternary nitrogens is 1. The Morgan fingerprint density at radius 1 is 1.00 bits per heavy atom. The van der Waals surface area contributed by atoms with Gasteiger partial charge in [0.1, 0.15) is 31.5 Å². The molecule has 5 heteroatoms. The minimum Gasteiger partial charge on any atom is -0.497 e. The van der Waals surface area contributed by atoms with Gasteiger partial charge in [-0.25, -0.2) is 0 Å². The van der Waals surface area contributed by atoms with Crippen molar-refractivity contribution in [1.82, 2.24) is 4.57 Å². The lowest BCUT2D eigenvalue weighted by Crippen LogP contribution is -3.11. The summed E-state index contributed by atoms with van der Waals surface area (Å²) in [6.45, 7) is 3.75. The minimum absolute atomic E-state index is 0.496. The van der Waals surface area contributed by atoms with Crippen LogP contribution in [0.5, 0.6) is 5.75 Å². The second-order valence-corrected chi connectivity index (χ2v) is 7.28. The molecule has 2 N–H and O–H groups in total. The number of aromatic nitrogens is 1. The normalized spacial score (nSPS) is 13.2. The fourth-order valence-corrected chi connectivity index (χ4v) is 3.56. The van der Waals surface area contributed by atoms with E-state index in [1.165, 1.54) is 16.2 Å². The Labute approximate surface area is 173 Å². The molecule has 154 valence electrons. The van der Waals surface area contributed by atoms with Crippen LogP contribution in [0.1, 0.15) is 22.9 Å². The van der Waals surface area contributed by atoms with Gasteiger partial charge in [-0.3, -0.25) is 0 Å². The van der Waals surface area contributed by atoms with E-state index in [-0.39, 0.29) is 0 Å². The molecular weight excluding hydrogens is 364 g/mol. The molecule has 0 amide bonds. The van der Waals surface area contributed by atoms with E-state index in [1.54, 1.807) is 14.2 Å². The smallest absolute Gasteiger partial charge is 0.128 e. The second-order valence-electron chi connectivity index (χ2n) is 7.28. The monoisotopic (exact) mass is 395 g/mol. The number of hydrogen-bond acceptors (Lipinski definition) is 3. The predicted molar refractivity (Wildman–Crippen MR) is 114 cm³/mol. The average molecular weight is 396 g/mol. The van der Waals surface area contributed by atoms with Gasteiger partial charge in [-0.15, -0.1) is 0 Å². The van der Waals surface area contributed by atoms with Crippen LogP contribution in [-0.2, 0) is 17.8 Å². The third-order valence-electron chi connectivity index (χ3n) is 5.17. The molecular formula is C24H31N2O3+. The number of nitrogens with one attached hydrogen (secondary N) is 1. The van der Waals surface area contributed by atoms with Gasteiger partial charge in [-0.05, 0) is 35.4 Å². The lowest BCUT2D eigenvalue weighted by Gasteiger charge is -2.23. The highest BCUT2D eigenvalue weighted by Gasteiger charge is 2.18. The molecule has 2 aromatic carbocycles. The number of benzene rings is 2. The number of aliphatic hydroxyl groups is 1. The predicted octanol–water partition coefficient (Wildman–Crippen LogP) is 2.31. The Balaban J connectivity index is 1.70. The van der Waals surface area contributed by atoms with E-state index >= 15 is 0 Å². The van der Waals surface area contributed by atoms with E-state index in [1.807, 2.05) is 42.5 Å². The van der Waals surface area contributed by atoms with Crippen molar-refractivity contribution in [2.45, 2.75) is 19.2 Å². The van der Waals surface area contributed by atoms with Crippen LogP contribution in [-0.4, -0.2) is 43.6 Å². The van der Waals surface area contributed by atoms with Crippen molar-refractivity contribution >= 4 is 0 Å². The number of hydrogen-bond donors (Lipinski definition) is 2. The first kappa shape index (κ1) is 21.1. The summed E-state index contributed by atoms with van der Waals surface area (Å²) in [5.74, 6) is 0.870. The zero-order chi connectivity index (χ0) is 20.5. The molecule has 5 nitrogen and oxygen atoms in total. The summed E-state index contributed by atoms with van der Waals surface area (Å²) >= 11 is 0.